The van der Waals surface area contributed by atoms with Gasteiger partial charge in [0.1, 0.15) is 10.9 Å². The second kappa shape index (κ2) is 7.14. The van der Waals surface area contributed by atoms with Gasteiger partial charge in [-0.05, 0) is 38.0 Å². The molecule has 1 saturated heterocycles. The normalized spacial score (nSPS) is 18.3. The van der Waals surface area contributed by atoms with Crippen LogP contribution >= 0.6 is 34.5 Å². The van der Waals surface area contributed by atoms with Crippen LogP contribution in [-0.2, 0) is 10.0 Å². The molecule has 0 radical (unpaired) electrons. The highest BCUT2D eigenvalue weighted by atomic mass is 35.5. The molecule has 7 nitrogen and oxygen atoms in total. The minimum atomic E-state index is -3.78. The van der Waals surface area contributed by atoms with Gasteiger partial charge in [-0.3, -0.25) is 0 Å². The predicted octanol–water partition coefficient (Wildman–Crippen LogP) is 4.33. The molecule has 2 aromatic heterocycles. The molecule has 142 valence electrons. The summed E-state index contributed by atoms with van der Waals surface area (Å²) in [4.78, 5) is 5.04. The molecule has 0 N–H and O–H groups in total. The van der Waals surface area contributed by atoms with Crippen LogP contribution in [0.25, 0.3) is 10.8 Å². The van der Waals surface area contributed by atoms with Crippen molar-refractivity contribution < 1.29 is 12.8 Å². The molecular weight excluding hydrogens is 431 g/mol. The summed E-state index contributed by atoms with van der Waals surface area (Å²) >= 11 is 13.3. The number of rotatable bonds is 4. The van der Waals surface area contributed by atoms with E-state index in [0.717, 1.165) is 10.6 Å². The third-order valence-electron chi connectivity index (χ3n) is 4.37. The Morgan fingerprint density at radius 3 is 2.78 bits per heavy atom. The highest BCUT2D eigenvalue weighted by molar-refractivity contribution is 7.89. The zero-order chi connectivity index (χ0) is 19.2. The Balaban J connectivity index is 1.67. The van der Waals surface area contributed by atoms with Crippen LogP contribution in [-0.4, -0.2) is 34.4 Å². The monoisotopic (exact) mass is 444 g/mol. The Bertz CT molecular complexity index is 1100. The maximum atomic E-state index is 13.1. The molecule has 3 heterocycles. The highest BCUT2D eigenvalue weighted by Crippen LogP contribution is 2.38. The zero-order valence-corrected chi connectivity index (χ0v) is 17.2. The van der Waals surface area contributed by atoms with E-state index < -0.39 is 16.1 Å². The van der Waals surface area contributed by atoms with Crippen molar-refractivity contribution in [2.75, 3.05) is 6.54 Å². The number of nitrogens with zero attached hydrogens (tertiary/aromatic N) is 4. The number of thiazole rings is 1. The van der Waals surface area contributed by atoms with Gasteiger partial charge >= 0.3 is 0 Å². The summed E-state index contributed by atoms with van der Waals surface area (Å²) in [6.45, 7) is 2.22. The molecule has 0 bridgehead atoms. The summed E-state index contributed by atoms with van der Waals surface area (Å²) < 4.78 is 33.4. The number of hydrogen-bond donors (Lipinski definition) is 0. The SMILES string of the molecule is Cc1ncsc1-c1nnc([C@@H]2CCCN2S(=O)(=O)c2ccc(Cl)c(Cl)c2)o1. The lowest BCUT2D eigenvalue weighted by Crippen LogP contribution is -2.30. The second-order valence-corrected chi connectivity index (χ2v) is 9.62. The van der Waals surface area contributed by atoms with Gasteiger partial charge in [0, 0.05) is 6.54 Å². The number of sulfonamides is 1. The third-order valence-corrected chi connectivity index (χ3v) is 7.93. The number of hydrogen-bond acceptors (Lipinski definition) is 7. The van der Waals surface area contributed by atoms with Gasteiger partial charge in [-0.25, -0.2) is 13.4 Å². The Morgan fingerprint density at radius 2 is 2.07 bits per heavy atom. The topological polar surface area (TPSA) is 89.2 Å². The molecule has 1 aliphatic heterocycles. The smallest absolute Gasteiger partial charge is 0.259 e. The predicted molar refractivity (Wildman–Crippen MR) is 102 cm³/mol. The number of halogens is 2. The first-order chi connectivity index (χ1) is 12.9. The zero-order valence-electron chi connectivity index (χ0n) is 14.1. The molecule has 0 aliphatic carbocycles. The van der Waals surface area contributed by atoms with Gasteiger partial charge in [0.2, 0.25) is 15.9 Å². The fraction of sp³-hybridized carbons (Fsp3) is 0.312. The van der Waals surface area contributed by atoms with Gasteiger partial charge in [0.05, 0.1) is 26.1 Å². The first kappa shape index (κ1) is 18.8. The number of aryl methyl sites for hydroxylation is 1. The molecule has 1 atom stereocenters. The molecule has 1 fully saturated rings. The Labute approximate surface area is 170 Å². The molecule has 0 spiro atoms. The molecule has 0 unspecified atom stereocenters. The second-order valence-electron chi connectivity index (χ2n) is 6.06. The molecule has 1 aliphatic rings. The van der Waals surface area contributed by atoms with Gasteiger partial charge in [-0.1, -0.05) is 23.2 Å². The maximum absolute atomic E-state index is 13.1. The maximum Gasteiger partial charge on any atom is 0.259 e. The van der Waals surface area contributed by atoms with E-state index in [0.29, 0.717) is 30.3 Å². The summed E-state index contributed by atoms with van der Waals surface area (Å²) in [6.07, 6.45) is 1.30. The van der Waals surface area contributed by atoms with Crippen molar-refractivity contribution in [1.29, 1.82) is 0 Å². The van der Waals surface area contributed by atoms with Crippen LogP contribution in [0, 0.1) is 6.92 Å². The molecule has 1 aromatic carbocycles. The third kappa shape index (κ3) is 3.38. The van der Waals surface area contributed by atoms with Crippen molar-refractivity contribution in [3.63, 3.8) is 0 Å². The largest absolute Gasteiger partial charge is 0.418 e. The summed E-state index contributed by atoms with van der Waals surface area (Å²) in [5.41, 5.74) is 2.49. The van der Waals surface area contributed by atoms with E-state index in [-0.39, 0.29) is 15.8 Å². The van der Waals surface area contributed by atoms with Crippen LogP contribution in [0.2, 0.25) is 10.0 Å². The van der Waals surface area contributed by atoms with Crippen molar-refractivity contribution in [1.82, 2.24) is 19.5 Å². The van der Waals surface area contributed by atoms with Crippen LogP contribution in [0.3, 0.4) is 0 Å². The first-order valence-electron chi connectivity index (χ1n) is 8.08. The summed E-state index contributed by atoms with van der Waals surface area (Å²) in [5.74, 6) is 0.628. The van der Waals surface area contributed by atoms with Crippen LogP contribution in [0.5, 0.6) is 0 Å². The van der Waals surface area contributed by atoms with E-state index in [2.05, 4.69) is 15.2 Å². The van der Waals surface area contributed by atoms with E-state index in [4.69, 9.17) is 27.6 Å². The van der Waals surface area contributed by atoms with Crippen molar-refractivity contribution >= 4 is 44.6 Å². The van der Waals surface area contributed by atoms with Gasteiger partial charge in [-0.2, -0.15) is 4.31 Å². The van der Waals surface area contributed by atoms with Crippen molar-refractivity contribution in [2.45, 2.75) is 30.7 Å². The molecular formula is C16H14Cl2N4O3S2. The van der Waals surface area contributed by atoms with E-state index >= 15 is 0 Å². The fourth-order valence-corrected chi connectivity index (χ4v) is 5.78. The quantitative estimate of drug-likeness (QED) is 0.594. The molecule has 11 heteroatoms. The first-order valence-corrected chi connectivity index (χ1v) is 11.2. The lowest BCUT2D eigenvalue weighted by Gasteiger charge is -2.21. The van der Waals surface area contributed by atoms with E-state index in [9.17, 15) is 8.42 Å². The minimum Gasteiger partial charge on any atom is -0.418 e. The molecule has 27 heavy (non-hydrogen) atoms. The lowest BCUT2D eigenvalue weighted by molar-refractivity contribution is 0.332. The van der Waals surface area contributed by atoms with Crippen LogP contribution in [0.4, 0.5) is 0 Å². The highest BCUT2D eigenvalue weighted by Gasteiger charge is 2.39. The molecule has 3 aromatic rings. The average Bonchev–Trinajstić information content (AvgIpc) is 3.35. The van der Waals surface area contributed by atoms with E-state index in [1.165, 1.54) is 33.8 Å². The lowest BCUT2D eigenvalue weighted by atomic mass is 10.2. The standard InChI is InChI=1S/C16H14Cl2N4O3S2/c1-9-14(26-8-19-9)16-21-20-15(25-16)13-3-2-6-22(13)27(23,24)10-4-5-11(17)12(18)7-10/h4-5,7-8,13H,2-3,6H2,1H3/t13-/m0/s1. The van der Waals surface area contributed by atoms with Crippen molar-refractivity contribution in [2.24, 2.45) is 0 Å². The summed E-state index contributed by atoms with van der Waals surface area (Å²) in [6, 6.07) is 3.76. The van der Waals surface area contributed by atoms with Gasteiger partial charge in [0.25, 0.3) is 5.89 Å². The fourth-order valence-electron chi connectivity index (χ4n) is 3.02. The Morgan fingerprint density at radius 1 is 1.26 bits per heavy atom. The van der Waals surface area contributed by atoms with Crippen LogP contribution < -0.4 is 0 Å². The van der Waals surface area contributed by atoms with Gasteiger partial charge in [-0.15, -0.1) is 21.5 Å². The number of benzene rings is 1. The molecule has 4 rings (SSSR count). The van der Waals surface area contributed by atoms with E-state index in [1.54, 1.807) is 5.51 Å². The summed E-state index contributed by atoms with van der Waals surface area (Å²) in [7, 11) is -3.78. The molecule has 0 saturated carbocycles. The van der Waals surface area contributed by atoms with Crippen molar-refractivity contribution in [3.8, 4) is 10.8 Å². The van der Waals surface area contributed by atoms with E-state index in [1.807, 2.05) is 6.92 Å². The Hall–Kier alpha value is -1.52. The van der Waals surface area contributed by atoms with Crippen molar-refractivity contribution in [3.05, 3.63) is 45.3 Å². The number of aromatic nitrogens is 3. The minimum absolute atomic E-state index is 0.0850. The summed E-state index contributed by atoms with van der Waals surface area (Å²) in [5, 5.41) is 8.66. The molecule has 0 amide bonds. The van der Waals surface area contributed by atoms with Crippen LogP contribution in [0.1, 0.15) is 30.5 Å². The van der Waals surface area contributed by atoms with Gasteiger partial charge in [0.15, 0.2) is 0 Å². The van der Waals surface area contributed by atoms with Crippen LogP contribution in [0.15, 0.2) is 33.0 Å². The van der Waals surface area contributed by atoms with Gasteiger partial charge < -0.3 is 4.42 Å². The average molecular weight is 445 g/mol. The Kier molecular flexibility index (Phi) is 4.98.